The number of anilines is 3. The normalized spacial score (nSPS) is 9.38. The highest BCUT2D eigenvalue weighted by atomic mass is 35.5. The van der Waals surface area contributed by atoms with Crippen LogP contribution in [-0.4, -0.2) is 5.91 Å². The van der Waals surface area contributed by atoms with E-state index in [1.54, 1.807) is 12.1 Å². The van der Waals surface area contributed by atoms with Crippen LogP contribution in [0.5, 0.6) is 0 Å². The lowest BCUT2D eigenvalue weighted by atomic mass is 10.2. The van der Waals surface area contributed by atoms with E-state index in [1.807, 2.05) is 51.1 Å². The van der Waals surface area contributed by atoms with E-state index in [-0.39, 0.29) is 5.91 Å². The SMILES string of the molecule is CC.CC(=O)Nc1cc(Cl)ccc1Nc1ccccc1C. The van der Waals surface area contributed by atoms with E-state index in [2.05, 4.69) is 10.6 Å². The smallest absolute Gasteiger partial charge is 0.221 e. The summed E-state index contributed by atoms with van der Waals surface area (Å²) in [5.74, 6) is -0.130. The molecule has 0 radical (unpaired) electrons. The topological polar surface area (TPSA) is 41.1 Å². The molecule has 21 heavy (non-hydrogen) atoms. The van der Waals surface area contributed by atoms with Crippen LogP contribution in [0.2, 0.25) is 5.02 Å². The number of benzene rings is 2. The zero-order valence-corrected chi connectivity index (χ0v) is 13.6. The molecule has 0 unspecified atom stereocenters. The fourth-order valence-corrected chi connectivity index (χ4v) is 1.95. The van der Waals surface area contributed by atoms with Crippen molar-refractivity contribution in [3.05, 3.63) is 53.1 Å². The van der Waals surface area contributed by atoms with Gasteiger partial charge >= 0.3 is 0 Å². The number of hydrogen-bond acceptors (Lipinski definition) is 2. The lowest BCUT2D eigenvalue weighted by Gasteiger charge is -2.14. The molecule has 0 saturated carbocycles. The number of carbonyl (C=O) groups is 1. The molecular formula is C17H21ClN2O. The van der Waals surface area contributed by atoms with Gasteiger partial charge in [0.1, 0.15) is 0 Å². The lowest BCUT2D eigenvalue weighted by molar-refractivity contribution is -0.114. The van der Waals surface area contributed by atoms with Gasteiger partial charge in [0.2, 0.25) is 5.91 Å². The molecule has 3 nitrogen and oxygen atoms in total. The minimum Gasteiger partial charge on any atom is -0.354 e. The minimum atomic E-state index is -0.130. The molecule has 0 aliphatic carbocycles. The number of hydrogen-bond donors (Lipinski definition) is 2. The van der Waals surface area contributed by atoms with Gasteiger partial charge in [0.15, 0.2) is 0 Å². The van der Waals surface area contributed by atoms with Crippen LogP contribution in [0.4, 0.5) is 17.1 Å². The first-order valence-corrected chi connectivity index (χ1v) is 7.34. The van der Waals surface area contributed by atoms with E-state index in [0.29, 0.717) is 10.7 Å². The fourth-order valence-electron chi connectivity index (χ4n) is 1.78. The molecule has 0 aliphatic rings. The number of amides is 1. The van der Waals surface area contributed by atoms with Crippen molar-refractivity contribution in [2.24, 2.45) is 0 Å². The van der Waals surface area contributed by atoms with Crippen molar-refractivity contribution < 1.29 is 4.79 Å². The van der Waals surface area contributed by atoms with Crippen LogP contribution < -0.4 is 10.6 Å². The Bertz CT molecular complexity index is 611. The van der Waals surface area contributed by atoms with Gasteiger partial charge in [-0.25, -0.2) is 0 Å². The maximum atomic E-state index is 11.2. The molecule has 0 saturated heterocycles. The highest BCUT2D eigenvalue weighted by molar-refractivity contribution is 6.31. The van der Waals surface area contributed by atoms with Crippen LogP contribution in [0.15, 0.2) is 42.5 Å². The van der Waals surface area contributed by atoms with Crippen molar-refractivity contribution in [1.29, 1.82) is 0 Å². The van der Waals surface area contributed by atoms with Gasteiger partial charge < -0.3 is 10.6 Å². The fraction of sp³-hybridized carbons (Fsp3) is 0.235. The third-order valence-electron chi connectivity index (χ3n) is 2.71. The van der Waals surface area contributed by atoms with E-state index in [0.717, 1.165) is 16.9 Å². The van der Waals surface area contributed by atoms with Gasteiger partial charge in [-0.2, -0.15) is 0 Å². The Labute approximate surface area is 131 Å². The maximum absolute atomic E-state index is 11.2. The summed E-state index contributed by atoms with van der Waals surface area (Å²) in [7, 11) is 0. The molecule has 2 N–H and O–H groups in total. The van der Waals surface area contributed by atoms with Crippen molar-refractivity contribution in [3.8, 4) is 0 Å². The van der Waals surface area contributed by atoms with E-state index in [9.17, 15) is 4.79 Å². The van der Waals surface area contributed by atoms with Crippen LogP contribution in [0.1, 0.15) is 26.3 Å². The standard InChI is InChI=1S/C15H15ClN2O.C2H6/c1-10-5-3-4-6-13(10)18-14-8-7-12(16)9-15(14)17-11(2)19;1-2/h3-9,18H,1-2H3,(H,17,19);1-2H3. The first kappa shape index (κ1) is 17.1. The van der Waals surface area contributed by atoms with E-state index < -0.39 is 0 Å². The second kappa shape index (κ2) is 8.32. The van der Waals surface area contributed by atoms with Gasteiger partial charge in [0.25, 0.3) is 0 Å². The van der Waals surface area contributed by atoms with Crippen molar-refractivity contribution in [2.75, 3.05) is 10.6 Å². The van der Waals surface area contributed by atoms with Crippen LogP contribution in [0, 0.1) is 6.92 Å². The molecule has 2 rings (SSSR count). The van der Waals surface area contributed by atoms with E-state index in [4.69, 9.17) is 11.6 Å². The van der Waals surface area contributed by atoms with Crippen molar-refractivity contribution in [3.63, 3.8) is 0 Å². The summed E-state index contributed by atoms with van der Waals surface area (Å²) in [6.07, 6.45) is 0. The molecular weight excluding hydrogens is 284 g/mol. The van der Waals surface area contributed by atoms with E-state index >= 15 is 0 Å². The lowest BCUT2D eigenvalue weighted by Crippen LogP contribution is -2.08. The first-order chi connectivity index (χ1) is 10.1. The Morgan fingerprint density at radius 1 is 1.00 bits per heavy atom. The van der Waals surface area contributed by atoms with Crippen LogP contribution in [-0.2, 0) is 4.79 Å². The maximum Gasteiger partial charge on any atom is 0.221 e. The second-order valence-electron chi connectivity index (χ2n) is 4.31. The highest BCUT2D eigenvalue weighted by Gasteiger charge is 2.06. The molecule has 0 heterocycles. The largest absolute Gasteiger partial charge is 0.354 e. The molecule has 1 amide bonds. The van der Waals surface area contributed by atoms with Gasteiger partial charge in [0, 0.05) is 17.6 Å². The Balaban J connectivity index is 0.00000106. The van der Waals surface area contributed by atoms with Crippen molar-refractivity contribution in [2.45, 2.75) is 27.7 Å². The number of rotatable bonds is 3. The summed E-state index contributed by atoms with van der Waals surface area (Å²) < 4.78 is 0. The predicted molar refractivity (Wildman–Crippen MR) is 91.6 cm³/mol. The van der Waals surface area contributed by atoms with Gasteiger partial charge in [-0.05, 0) is 36.8 Å². The zero-order chi connectivity index (χ0) is 15.8. The Hall–Kier alpha value is -2.00. The summed E-state index contributed by atoms with van der Waals surface area (Å²) in [5, 5.41) is 6.65. The second-order valence-corrected chi connectivity index (χ2v) is 4.75. The molecule has 112 valence electrons. The number of halogens is 1. The molecule has 0 aromatic heterocycles. The first-order valence-electron chi connectivity index (χ1n) is 6.96. The summed E-state index contributed by atoms with van der Waals surface area (Å²) in [6, 6.07) is 13.3. The van der Waals surface area contributed by atoms with Crippen LogP contribution in [0.3, 0.4) is 0 Å². The van der Waals surface area contributed by atoms with Gasteiger partial charge in [-0.15, -0.1) is 0 Å². The zero-order valence-electron chi connectivity index (χ0n) is 12.8. The molecule has 0 spiro atoms. The number of carbonyl (C=O) groups excluding carboxylic acids is 1. The average Bonchev–Trinajstić information content (AvgIpc) is 2.45. The molecule has 0 fully saturated rings. The Kier molecular flexibility index (Phi) is 6.76. The third-order valence-corrected chi connectivity index (χ3v) is 2.94. The average molecular weight is 305 g/mol. The molecule has 4 heteroatoms. The number of nitrogens with one attached hydrogen (secondary N) is 2. The predicted octanol–water partition coefficient (Wildman–Crippen LogP) is 5.38. The summed E-state index contributed by atoms with van der Waals surface area (Å²) in [4.78, 5) is 11.2. The monoisotopic (exact) mass is 304 g/mol. The quantitative estimate of drug-likeness (QED) is 0.799. The van der Waals surface area contributed by atoms with Gasteiger partial charge in [-0.1, -0.05) is 43.6 Å². The molecule has 2 aromatic rings. The van der Waals surface area contributed by atoms with Gasteiger partial charge in [-0.3, -0.25) is 4.79 Å². The molecule has 0 aliphatic heterocycles. The molecule has 2 aromatic carbocycles. The minimum absolute atomic E-state index is 0.130. The van der Waals surface area contributed by atoms with Gasteiger partial charge in [0.05, 0.1) is 11.4 Å². The van der Waals surface area contributed by atoms with Crippen LogP contribution in [0.25, 0.3) is 0 Å². The third kappa shape index (κ3) is 5.12. The molecule has 0 bridgehead atoms. The number of aryl methyl sites for hydroxylation is 1. The number of para-hydroxylation sites is 1. The van der Waals surface area contributed by atoms with E-state index in [1.165, 1.54) is 6.92 Å². The highest BCUT2D eigenvalue weighted by Crippen LogP contribution is 2.29. The molecule has 0 atom stereocenters. The van der Waals surface area contributed by atoms with Crippen molar-refractivity contribution in [1.82, 2.24) is 0 Å². The van der Waals surface area contributed by atoms with Crippen molar-refractivity contribution >= 4 is 34.6 Å². The Morgan fingerprint density at radius 3 is 2.29 bits per heavy atom. The van der Waals surface area contributed by atoms with Crippen LogP contribution >= 0.6 is 11.6 Å². The summed E-state index contributed by atoms with van der Waals surface area (Å²) >= 11 is 5.96. The Morgan fingerprint density at radius 2 is 1.67 bits per heavy atom. The summed E-state index contributed by atoms with van der Waals surface area (Å²) in [6.45, 7) is 7.49. The summed E-state index contributed by atoms with van der Waals surface area (Å²) in [5.41, 5.74) is 3.61.